The number of hydrogen-bond donors (Lipinski definition) is 2. The predicted octanol–water partition coefficient (Wildman–Crippen LogP) is 0.747. The van der Waals surface area contributed by atoms with Crippen molar-refractivity contribution in [2.45, 2.75) is 37.1 Å². The highest BCUT2D eigenvalue weighted by Crippen LogP contribution is 2.35. The third-order valence-electron chi connectivity index (χ3n) is 4.37. The van der Waals surface area contributed by atoms with Crippen LogP contribution in [0.3, 0.4) is 0 Å². The molecule has 2 aromatic heterocycles. The van der Waals surface area contributed by atoms with Gasteiger partial charge in [0.05, 0.1) is 25.1 Å². The maximum absolute atomic E-state index is 10.8. The average Bonchev–Trinajstić information content (AvgIpc) is 3.21. The summed E-state index contributed by atoms with van der Waals surface area (Å²) in [5.41, 5.74) is 0.876. The summed E-state index contributed by atoms with van der Waals surface area (Å²) in [5, 5.41) is 14.8. The molecule has 2 N–H and O–H groups in total. The Hall–Kier alpha value is -1.51. The molecule has 0 radical (unpaired) electrons. The summed E-state index contributed by atoms with van der Waals surface area (Å²) in [5.74, 6) is 0. The Balaban J connectivity index is 1.52. The Morgan fingerprint density at radius 1 is 1.39 bits per heavy atom. The molecule has 2 aliphatic rings. The van der Waals surface area contributed by atoms with Crippen molar-refractivity contribution >= 4 is 11.6 Å². The summed E-state index contributed by atoms with van der Waals surface area (Å²) in [4.78, 5) is 8.12. The largest absolute Gasteiger partial charge is 0.389 e. The Morgan fingerprint density at radius 3 is 3.09 bits per heavy atom. The molecule has 2 aliphatic heterocycles. The first kappa shape index (κ1) is 15.0. The van der Waals surface area contributed by atoms with E-state index >= 15 is 0 Å². The summed E-state index contributed by atoms with van der Waals surface area (Å²) >= 11 is 6.16. The van der Waals surface area contributed by atoms with E-state index in [1.807, 2.05) is 4.57 Å². The van der Waals surface area contributed by atoms with Gasteiger partial charge >= 0.3 is 0 Å². The van der Waals surface area contributed by atoms with Crippen molar-refractivity contribution in [3.63, 3.8) is 0 Å². The van der Waals surface area contributed by atoms with Crippen LogP contribution in [-0.4, -0.2) is 50.8 Å². The van der Waals surface area contributed by atoms with E-state index in [9.17, 15) is 5.11 Å². The van der Waals surface area contributed by atoms with Crippen molar-refractivity contribution in [3.8, 4) is 0 Å². The molecular formula is C15H17ClN4O3. The fourth-order valence-electron chi connectivity index (χ4n) is 3.18. The van der Waals surface area contributed by atoms with Gasteiger partial charge in [0, 0.05) is 41.9 Å². The van der Waals surface area contributed by atoms with Crippen molar-refractivity contribution in [2.75, 3.05) is 6.61 Å². The molecule has 7 nitrogen and oxygen atoms in total. The number of imidazole rings is 1. The van der Waals surface area contributed by atoms with Crippen molar-refractivity contribution < 1.29 is 14.6 Å². The second-order valence-electron chi connectivity index (χ2n) is 5.74. The highest BCUT2D eigenvalue weighted by molar-refractivity contribution is 6.31. The molecule has 5 atom stereocenters. The first-order valence-electron chi connectivity index (χ1n) is 7.48. The van der Waals surface area contributed by atoms with Crippen molar-refractivity contribution in [1.82, 2.24) is 19.9 Å². The van der Waals surface area contributed by atoms with Gasteiger partial charge in [0.15, 0.2) is 6.29 Å². The predicted molar refractivity (Wildman–Crippen MR) is 81.8 cm³/mol. The molecule has 122 valence electrons. The zero-order valence-electron chi connectivity index (χ0n) is 12.2. The normalized spacial score (nSPS) is 33.0. The number of aliphatic hydroxyl groups excluding tert-OH is 1. The zero-order chi connectivity index (χ0) is 15.8. The van der Waals surface area contributed by atoms with Gasteiger partial charge in [-0.2, -0.15) is 0 Å². The molecule has 5 unspecified atom stereocenters. The van der Waals surface area contributed by atoms with Crippen molar-refractivity contribution in [2.24, 2.45) is 0 Å². The van der Waals surface area contributed by atoms with Gasteiger partial charge in [-0.25, -0.2) is 4.98 Å². The van der Waals surface area contributed by atoms with Crippen LogP contribution in [0.15, 0.2) is 37.2 Å². The quantitative estimate of drug-likeness (QED) is 0.857. The van der Waals surface area contributed by atoms with Crippen LogP contribution in [0, 0.1) is 0 Å². The van der Waals surface area contributed by atoms with Gasteiger partial charge in [-0.15, -0.1) is 0 Å². The minimum Gasteiger partial charge on any atom is -0.389 e. The summed E-state index contributed by atoms with van der Waals surface area (Å²) in [7, 11) is 0. The van der Waals surface area contributed by atoms with Crippen LogP contribution in [0.1, 0.15) is 11.6 Å². The molecule has 0 amide bonds. The third-order valence-corrected chi connectivity index (χ3v) is 4.74. The van der Waals surface area contributed by atoms with Gasteiger partial charge in [-0.1, -0.05) is 11.6 Å². The van der Waals surface area contributed by atoms with Crippen LogP contribution in [0.5, 0.6) is 0 Å². The van der Waals surface area contributed by atoms with Crippen LogP contribution in [-0.2, 0) is 16.0 Å². The molecule has 0 saturated carbocycles. The van der Waals surface area contributed by atoms with Gasteiger partial charge in [-0.3, -0.25) is 4.98 Å². The standard InChI is InChI=1S/C15H17ClN4O3/c16-10-1-2-17-5-9(10)6-19-12-11-7-22-15(23-11)13(14(12)21)20-4-3-18-8-20/h1-5,8,11-15,19,21H,6-7H2. The number of halogens is 1. The fourth-order valence-corrected chi connectivity index (χ4v) is 3.36. The van der Waals surface area contributed by atoms with Gasteiger partial charge in [0.1, 0.15) is 12.1 Å². The lowest BCUT2D eigenvalue weighted by atomic mass is 9.95. The number of aliphatic hydroxyl groups is 1. The molecule has 23 heavy (non-hydrogen) atoms. The number of pyridine rings is 1. The monoisotopic (exact) mass is 336 g/mol. The third kappa shape index (κ3) is 2.75. The minimum absolute atomic E-state index is 0.190. The molecule has 4 rings (SSSR count). The molecule has 4 heterocycles. The van der Waals surface area contributed by atoms with E-state index < -0.39 is 12.4 Å². The number of rotatable bonds is 4. The average molecular weight is 337 g/mol. The molecule has 0 spiro atoms. The molecule has 2 bridgehead atoms. The van der Waals surface area contributed by atoms with Gasteiger partial charge in [0.25, 0.3) is 0 Å². The summed E-state index contributed by atoms with van der Waals surface area (Å²) in [6, 6.07) is 1.14. The van der Waals surface area contributed by atoms with Crippen LogP contribution < -0.4 is 5.32 Å². The van der Waals surface area contributed by atoms with Crippen molar-refractivity contribution in [1.29, 1.82) is 0 Å². The molecule has 2 aromatic rings. The number of hydrogen-bond acceptors (Lipinski definition) is 6. The smallest absolute Gasteiger partial charge is 0.181 e. The molecule has 2 saturated heterocycles. The van der Waals surface area contributed by atoms with E-state index in [1.165, 1.54) is 0 Å². The van der Waals surface area contributed by atoms with Crippen LogP contribution in [0.4, 0.5) is 0 Å². The second-order valence-corrected chi connectivity index (χ2v) is 6.15. The van der Waals surface area contributed by atoms with Gasteiger partial charge in [0.2, 0.25) is 0 Å². The molecular weight excluding hydrogens is 320 g/mol. The van der Waals surface area contributed by atoms with Gasteiger partial charge < -0.3 is 24.5 Å². The van der Waals surface area contributed by atoms with Crippen LogP contribution in [0.25, 0.3) is 0 Å². The maximum Gasteiger partial charge on any atom is 0.181 e. The van der Waals surface area contributed by atoms with E-state index in [4.69, 9.17) is 21.1 Å². The maximum atomic E-state index is 10.8. The van der Waals surface area contributed by atoms with E-state index in [1.54, 1.807) is 37.2 Å². The molecule has 0 aliphatic carbocycles. The van der Waals surface area contributed by atoms with E-state index in [2.05, 4.69) is 15.3 Å². The molecule has 8 heteroatoms. The summed E-state index contributed by atoms with van der Waals surface area (Å²) < 4.78 is 13.4. The molecule has 0 aromatic carbocycles. The number of aromatic nitrogens is 3. The number of fused-ring (bicyclic) bond motifs is 2. The van der Waals surface area contributed by atoms with Crippen LogP contribution >= 0.6 is 11.6 Å². The fraction of sp³-hybridized carbons (Fsp3) is 0.467. The number of ether oxygens (including phenoxy) is 2. The Labute approximate surface area is 138 Å². The SMILES string of the molecule is OC1C(NCc2cnccc2Cl)C2COC(O2)C1n1ccnc1. The van der Waals surface area contributed by atoms with E-state index in [-0.39, 0.29) is 18.2 Å². The topological polar surface area (TPSA) is 81.4 Å². The van der Waals surface area contributed by atoms with Crippen LogP contribution in [0.2, 0.25) is 5.02 Å². The van der Waals surface area contributed by atoms with Gasteiger partial charge in [-0.05, 0) is 6.07 Å². The Bertz CT molecular complexity index is 669. The van der Waals surface area contributed by atoms with Crippen molar-refractivity contribution in [3.05, 3.63) is 47.8 Å². The highest BCUT2D eigenvalue weighted by atomic mass is 35.5. The second kappa shape index (κ2) is 6.18. The number of nitrogens with zero attached hydrogens (tertiary/aromatic N) is 3. The Morgan fingerprint density at radius 2 is 2.30 bits per heavy atom. The lowest BCUT2D eigenvalue weighted by Crippen LogP contribution is -2.57. The summed E-state index contributed by atoms with van der Waals surface area (Å²) in [6.07, 6.45) is 7.19. The highest BCUT2D eigenvalue weighted by Gasteiger charge is 2.50. The molecule has 2 fully saturated rings. The number of nitrogens with one attached hydrogen (secondary N) is 1. The zero-order valence-corrected chi connectivity index (χ0v) is 13.0. The van der Waals surface area contributed by atoms with E-state index in [0.717, 1.165) is 5.56 Å². The Kier molecular flexibility index (Phi) is 4.04. The van der Waals surface area contributed by atoms with E-state index in [0.29, 0.717) is 18.2 Å². The lowest BCUT2D eigenvalue weighted by Gasteiger charge is -2.39. The first-order chi connectivity index (χ1) is 11.2. The lowest BCUT2D eigenvalue weighted by molar-refractivity contribution is -0.165. The minimum atomic E-state index is -0.661. The first-order valence-corrected chi connectivity index (χ1v) is 7.86. The summed E-state index contributed by atoms with van der Waals surface area (Å²) in [6.45, 7) is 0.945.